The van der Waals surface area contributed by atoms with E-state index in [1.54, 1.807) is 12.1 Å². The second-order valence-electron chi connectivity index (χ2n) is 2.58. The average Bonchev–Trinajstić information content (AvgIpc) is 2.09. The number of unbranched alkanes of at least 4 members (excludes halogenated alkanes) is 1. The van der Waals surface area contributed by atoms with Gasteiger partial charge in [0.15, 0.2) is 0 Å². The van der Waals surface area contributed by atoms with Gasteiger partial charge < -0.3 is 0 Å². The first-order valence-corrected chi connectivity index (χ1v) is 4.11. The van der Waals surface area contributed by atoms with Gasteiger partial charge in [0.2, 0.25) is 0 Å². The van der Waals surface area contributed by atoms with E-state index < -0.39 is 0 Å². The molecule has 12 heavy (non-hydrogen) atoms. The van der Waals surface area contributed by atoms with E-state index in [-0.39, 0.29) is 5.82 Å². The highest BCUT2D eigenvalue weighted by Gasteiger charge is 1.88. The van der Waals surface area contributed by atoms with Crippen molar-refractivity contribution in [2.75, 3.05) is 0 Å². The van der Waals surface area contributed by atoms with Crippen LogP contribution in [-0.2, 0) is 0 Å². The second kappa shape index (κ2) is 4.65. The van der Waals surface area contributed by atoms with Crippen LogP contribution < -0.4 is 0 Å². The van der Waals surface area contributed by atoms with Gasteiger partial charge in [-0.3, -0.25) is 4.99 Å². The van der Waals surface area contributed by atoms with E-state index in [0.717, 1.165) is 18.5 Å². The molecule has 0 aromatic heterocycles. The van der Waals surface area contributed by atoms with Gasteiger partial charge in [-0.25, -0.2) is 4.39 Å². The van der Waals surface area contributed by atoms with Crippen LogP contribution in [-0.4, -0.2) is 6.21 Å². The highest BCUT2D eigenvalue weighted by atomic mass is 19.1. The molecule has 1 rings (SSSR count). The van der Waals surface area contributed by atoms with Gasteiger partial charge >= 0.3 is 0 Å². The summed E-state index contributed by atoms with van der Waals surface area (Å²) in [5.74, 6) is -0.218. The van der Waals surface area contributed by atoms with Crippen LogP contribution in [0.1, 0.15) is 19.8 Å². The summed E-state index contributed by atoms with van der Waals surface area (Å²) in [4.78, 5) is 4.15. The monoisotopic (exact) mass is 165 g/mol. The number of hydrogen-bond acceptors (Lipinski definition) is 1. The molecule has 0 saturated carbocycles. The Bertz CT molecular complexity index is 251. The molecule has 0 aliphatic rings. The largest absolute Gasteiger partial charge is 0.261 e. The molecule has 0 N–H and O–H groups in total. The van der Waals surface area contributed by atoms with Gasteiger partial charge in [0.1, 0.15) is 5.82 Å². The fourth-order valence-electron chi connectivity index (χ4n) is 0.826. The van der Waals surface area contributed by atoms with Crippen molar-refractivity contribution in [2.45, 2.75) is 19.8 Å². The Kier molecular flexibility index (Phi) is 3.45. The molecule has 1 aromatic rings. The van der Waals surface area contributed by atoms with E-state index in [1.807, 2.05) is 6.21 Å². The normalized spacial score (nSPS) is 10.8. The van der Waals surface area contributed by atoms with E-state index in [1.165, 1.54) is 12.1 Å². The number of halogens is 1. The van der Waals surface area contributed by atoms with Crippen molar-refractivity contribution < 1.29 is 4.39 Å². The SMILES string of the molecule is CCCC=Nc1ccc(F)cc1. The van der Waals surface area contributed by atoms with E-state index in [4.69, 9.17) is 0 Å². The lowest BCUT2D eigenvalue weighted by atomic mass is 10.3. The summed E-state index contributed by atoms with van der Waals surface area (Å²) in [6, 6.07) is 6.17. The Hall–Kier alpha value is -1.18. The van der Waals surface area contributed by atoms with Crippen molar-refractivity contribution in [1.29, 1.82) is 0 Å². The quantitative estimate of drug-likeness (QED) is 0.609. The molecule has 1 aromatic carbocycles. The van der Waals surface area contributed by atoms with Crippen LogP contribution in [0.2, 0.25) is 0 Å². The molecular formula is C10H12FN. The van der Waals surface area contributed by atoms with Crippen LogP contribution in [0.5, 0.6) is 0 Å². The first-order chi connectivity index (χ1) is 5.83. The first kappa shape index (κ1) is 8.91. The number of nitrogens with zero attached hydrogens (tertiary/aromatic N) is 1. The maximum Gasteiger partial charge on any atom is 0.123 e. The summed E-state index contributed by atoms with van der Waals surface area (Å²) in [5.41, 5.74) is 0.810. The first-order valence-electron chi connectivity index (χ1n) is 4.11. The molecule has 0 unspecified atom stereocenters. The summed E-state index contributed by atoms with van der Waals surface area (Å²) >= 11 is 0. The fraction of sp³-hybridized carbons (Fsp3) is 0.300. The molecule has 0 bridgehead atoms. The highest BCUT2D eigenvalue weighted by molar-refractivity contribution is 5.62. The van der Waals surface area contributed by atoms with Gasteiger partial charge in [-0.2, -0.15) is 0 Å². The molecule has 0 saturated heterocycles. The maximum absolute atomic E-state index is 12.4. The molecule has 0 heterocycles. The fourth-order valence-corrected chi connectivity index (χ4v) is 0.826. The molecule has 0 aliphatic carbocycles. The zero-order valence-corrected chi connectivity index (χ0v) is 7.13. The standard InChI is InChI=1S/C10H12FN/c1-2-3-8-12-10-6-4-9(11)5-7-10/h4-8H,2-3H2,1H3. The lowest BCUT2D eigenvalue weighted by Crippen LogP contribution is -1.73. The number of aliphatic imine (C=N–C) groups is 1. The van der Waals surface area contributed by atoms with Gasteiger partial charge in [0.05, 0.1) is 5.69 Å². The third-order valence-corrected chi connectivity index (χ3v) is 1.48. The van der Waals surface area contributed by atoms with Gasteiger partial charge in [0.25, 0.3) is 0 Å². The van der Waals surface area contributed by atoms with Crippen molar-refractivity contribution in [3.63, 3.8) is 0 Å². The molecular weight excluding hydrogens is 153 g/mol. The van der Waals surface area contributed by atoms with Crippen LogP contribution in [0.4, 0.5) is 10.1 Å². The van der Waals surface area contributed by atoms with Crippen molar-refractivity contribution in [1.82, 2.24) is 0 Å². The number of hydrogen-bond donors (Lipinski definition) is 0. The molecule has 64 valence electrons. The summed E-state index contributed by atoms with van der Waals surface area (Å²) in [5, 5.41) is 0. The van der Waals surface area contributed by atoms with Crippen molar-refractivity contribution in [3.05, 3.63) is 30.1 Å². The van der Waals surface area contributed by atoms with Gasteiger partial charge in [-0.15, -0.1) is 0 Å². The average molecular weight is 165 g/mol. The molecule has 0 spiro atoms. The van der Waals surface area contributed by atoms with Crippen LogP contribution in [0.3, 0.4) is 0 Å². The Balaban J connectivity index is 2.58. The predicted molar refractivity (Wildman–Crippen MR) is 49.5 cm³/mol. The minimum Gasteiger partial charge on any atom is -0.261 e. The zero-order chi connectivity index (χ0) is 8.81. The van der Waals surface area contributed by atoms with Crippen LogP contribution in [0.15, 0.2) is 29.3 Å². The summed E-state index contributed by atoms with van der Waals surface area (Å²) in [7, 11) is 0. The predicted octanol–water partition coefficient (Wildman–Crippen LogP) is 3.33. The Labute approximate surface area is 72.0 Å². The van der Waals surface area contributed by atoms with E-state index in [2.05, 4.69) is 11.9 Å². The summed E-state index contributed by atoms with van der Waals surface area (Å²) < 4.78 is 12.4. The molecule has 0 radical (unpaired) electrons. The molecule has 0 amide bonds. The lowest BCUT2D eigenvalue weighted by molar-refractivity contribution is 0.628. The van der Waals surface area contributed by atoms with Gasteiger partial charge in [-0.1, -0.05) is 13.3 Å². The minimum absolute atomic E-state index is 0.218. The van der Waals surface area contributed by atoms with E-state index >= 15 is 0 Å². The molecule has 1 nitrogen and oxygen atoms in total. The summed E-state index contributed by atoms with van der Waals surface area (Å²) in [6.45, 7) is 2.09. The van der Waals surface area contributed by atoms with E-state index in [0.29, 0.717) is 0 Å². The molecule has 0 atom stereocenters. The smallest absolute Gasteiger partial charge is 0.123 e. The van der Waals surface area contributed by atoms with Crippen LogP contribution in [0, 0.1) is 5.82 Å². The molecule has 0 aliphatic heterocycles. The molecule has 2 heteroatoms. The Morgan fingerprint density at radius 3 is 2.58 bits per heavy atom. The summed E-state index contributed by atoms with van der Waals surface area (Å²) in [6.07, 6.45) is 3.91. The van der Waals surface area contributed by atoms with Gasteiger partial charge in [0, 0.05) is 6.21 Å². The van der Waals surface area contributed by atoms with Crippen LogP contribution >= 0.6 is 0 Å². The van der Waals surface area contributed by atoms with Crippen molar-refractivity contribution >= 4 is 11.9 Å². The van der Waals surface area contributed by atoms with E-state index in [9.17, 15) is 4.39 Å². The zero-order valence-electron chi connectivity index (χ0n) is 7.13. The third-order valence-electron chi connectivity index (χ3n) is 1.48. The maximum atomic E-state index is 12.4. The number of rotatable bonds is 3. The Morgan fingerprint density at radius 1 is 1.33 bits per heavy atom. The third kappa shape index (κ3) is 2.82. The lowest BCUT2D eigenvalue weighted by Gasteiger charge is -1.91. The Morgan fingerprint density at radius 2 is 2.00 bits per heavy atom. The minimum atomic E-state index is -0.218. The van der Waals surface area contributed by atoms with Gasteiger partial charge in [-0.05, 0) is 30.7 Å². The van der Waals surface area contributed by atoms with Crippen molar-refractivity contribution in [2.24, 2.45) is 4.99 Å². The van der Waals surface area contributed by atoms with Crippen LogP contribution in [0.25, 0.3) is 0 Å². The highest BCUT2D eigenvalue weighted by Crippen LogP contribution is 2.11. The van der Waals surface area contributed by atoms with Crippen molar-refractivity contribution in [3.8, 4) is 0 Å². The second-order valence-corrected chi connectivity index (χ2v) is 2.58. The number of benzene rings is 1. The molecule has 0 fully saturated rings. The topological polar surface area (TPSA) is 12.4 Å².